The lowest BCUT2D eigenvalue weighted by atomic mass is 9.70. The summed E-state index contributed by atoms with van der Waals surface area (Å²) in [6.07, 6.45) is 3.11. The van der Waals surface area contributed by atoms with E-state index < -0.39 is 37.3 Å². The Labute approximate surface area is 901 Å². The third-order valence-electron chi connectivity index (χ3n) is 32.3. The second kappa shape index (κ2) is 40.3. The molecule has 4 heteroatoms. The Bertz CT molecular complexity index is 7970. The molecule has 0 radical (unpaired) electrons. The van der Waals surface area contributed by atoms with Crippen LogP contribution in [0.15, 0.2) is 346 Å². The maximum Gasteiger partial charge on any atom is 0.0530 e. The Hall–Kier alpha value is -13.3. The largest absolute Gasteiger partial charge is 0.335 e. The minimum atomic E-state index is -2.26. The van der Waals surface area contributed by atoms with Gasteiger partial charge in [0, 0.05) is 105 Å². The van der Waals surface area contributed by atoms with E-state index in [2.05, 4.69) is 476 Å². The first kappa shape index (κ1) is 94.4. The van der Waals surface area contributed by atoms with E-state index >= 15 is 0 Å². The quantitative estimate of drug-likeness (QED) is 0.0901. The van der Waals surface area contributed by atoms with Gasteiger partial charge < -0.3 is 19.6 Å². The summed E-state index contributed by atoms with van der Waals surface area (Å²) >= 11 is 0. The molecule has 0 amide bonds. The summed E-state index contributed by atoms with van der Waals surface area (Å²) in [5, 5.41) is 0. The van der Waals surface area contributed by atoms with Gasteiger partial charge in [0.15, 0.2) is 0 Å². The molecule has 0 aromatic heterocycles. The molecule has 4 nitrogen and oxygen atoms in total. The van der Waals surface area contributed by atoms with E-state index in [-0.39, 0.29) is 43.8 Å². The van der Waals surface area contributed by atoms with Gasteiger partial charge in [-0.2, -0.15) is 0 Å². The Balaban J connectivity index is 0.000000135. The minimum Gasteiger partial charge on any atom is -0.335 e. The van der Waals surface area contributed by atoms with Gasteiger partial charge in [-0.25, -0.2) is 0 Å². The molecule has 1 saturated carbocycles. The third-order valence-corrected chi connectivity index (χ3v) is 32.3. The summed E-state index contributed by atoms with van der Waals surface area (Å²) in [6, 6.07) is 123. The summed E-state index contributed by atoms with van der Waals surface area (Å²) in [4.78, 5) is 9.63. The van der Waals surface area contributed by atoms with Crippen molar-refractivity contribution in [2.45, 2.75) is 308 Å². The molecule has 16 aromatic rings. The lowest BCUT2D eigenvalue weighted by molar-refractivity contribution is 0.224. The number of nitrogens with zero attached hydrogens (tertiary/aromatic N) is 4. The van der Waals surface area contributed by atoms with Crippen molar-refractivity contribution in [2.24, 2.45) is 5.41 Å². The summed E-state index contributed by atoms with van der Waals surface area (Å²) in [5.74, 6) is -2.30. The van der Waals surface area contributed by atoms with Gasteiger partial charge in [-0.3, -0.25) is 0 Å². The van der Waals surface area contributed by atoms with E-state index in [1.807, 2.05) is 84.0 Å². The molecule has 0 heterocycles. The minimum absolute atomic E-state index is 0.106. The number of hydrogen-bond donors (Lipinski definition) is 0. The molecule has 5 aliphatic carbocycles. The number of rotatable bonds is 17. The van der Waals surface area contributed by atoms with E-state index in [0.717, 1.165) is 121 Å². The zero-order valence-electron chi connectivity index (χ0n) is 102. The molecule has 0 saturated heterocycles. The van der Waals surface area contributed by atoms with Gasteiger partial charge in [0.05, 0.1) is 17.1 Å². The van der Waals surface area contributed by atoms with Gasteiger partial charge in [-0.05, 0) is 363 Å². The van der Waals surface area contributed by atoms with Crippen molar-refractivity contribution in [1.29, 1.82) is 0 Å². The van der Waals surface area contributed by atoms with Gasteiger partial charge in [0.1, 0.15) is 0 Å². The Morgan fingerprint density at radius 2 is 0.608 bits per heavy atom. The van der Waals surface area contributed by atoms with E-state index in [0.29, 0.717) is 11.0 Å². The molecule has 16 aromatic carbocycles. The van der Waals surface area contributed by atoms with E-state index in [9.17, 15) is 4.11 Å². The lowest BCUT2D eigenvalue weighted by Crippen LogP contribution is -2.39. The standard InChI is InChI=1S/C39H45N.C37H43N.C35H39N.C33H35N/c1-37(2,3)40(35-20-14-12-17-29(35)27-15-9-8-10-16-27)36-26-34-32(30-18-11-13-19-33(30)39(34,6)7)25-31(36)28-21-23-38(4,5)24-22-28;1-24(2)27-19-15-20-28(26-16-11-10-12-17-26)35(27)38(36(5,6)7)34-23-33-31(22-30(34)25(3)4)29-18-13-14-21-32(29)37(33,8)9;1-8-24-18-15-20-27(26-16-11-10-12-17-26)33(24)36(34(3,4)5)32-23-31-29(22-25(32)9-2)28-19-13-14-21-30(28)35(31,6)7;1-22-14-13-18-25(24-15-9-8-10-16-24)31(22)34(32(3,4)5)30-21-29-27(20-23(30)2)26-17-11-12-19-28(26)33(29,6)7/h8-20,25-26,28H,21-24H2,1-7H3;10-25H,1-9H3;10-23H,8-9H2,1-7H3;8-21H,1-7H3/i28D;24D,25D;8D,9D;1D3. The fourth-order valence-corrected chi connectivity index (χ4v) is 24.7. The molecule has 148 heavy (non-hydrogen) atoms. The topological polar surface area (TPSA) is 13.0 Å². The van der Waals surface area contributed by atoms with E-state index in [1.165, 1.54) is 117 Å². The van der Waals surface area contributed by atoms with Crippen molar-refractivity contribution in [3.8, 4) is 89.0 Å². The van der Waals surface area contributed by atoms with Crippen molar-refractivity contribution < 1.29 is 11.0 Å². The normalized spacial score (nSPS) is 16.7. The maximum absolute atomic E-state index is 10.1. The number of anilines is 8. The zero-order valence-corrected chi connectivity index (χ0v) is 93.7. The molecule has 21 rings (SSSR count). The lowest BCUT2D eigenvalue weighted by Gasteiger charge is -2.43. The van der Waals surface area contributed by atoms with Crippen LogP contribution < -0.4 is 19.6 Å². The highest BCUT2D eigenvalue weighted by atomic mass is 15.2. The summed E-state index contributed by atoms with van der Waals surface area (Å²) in [6.45, 7) is 61.8. The molecular formula is C144H162N4. The van der Waals surface area contributed by atoms with Gasteiger partial charge in [-0.15, -0.1) is 0 Å². The van der Waals surface area contributed by atoms with Crippen LogP contribution in [0.5, 0.6) is 0 Å². The molecule has 2 atom stereocenters. The van der Waals surface area contributed by atoms with Crippen LogP contribution in [0.25, 0.3) is 89.0 Å². The van der Waals surface area contributed by atoms with E-state index in [1.54, 1.807) is 6.07 Å². The molecule has 1 fully saturated rings. The van der Waals surface area contributed by atoms with Crippen LogP contribution >= 0.6 is 0 Å². The molecule has 0 aliphatic heterocycles. The number of aryl methyl sites for hydroxylation is 4. The fourth-order valence-electron chi connectivity index (χ4n) is 24.7. The van der Waals surface area contributed by atoms with Crippen LogP contribution in [0.2, 0.25) is 0 Å². The monoisotopic (exact) mass is 1960 g/mol. The van der Waals surface area contributed by atoms with Gasteiger partial charge in [-0.1, -0.05) is 402 Å². The summed E-state index contributed by atoms with van der Waals surface area (Å²) in [5.41, 5.74) is 43.1. The van der Waals surface area contributed by atoms with Gasteiger partial charge in [0.25, 0.3) is 0 Å². The Kier molecular flexibility index (Phi) is 25.7. The third kappa shape index (κ3) is 19.5. The average molecular weight is 1960 g/mol. The molecule has 2 unspecified atom stereocenters. The second-order valence-corrected chi connectivity index (χ2v) is 49.2. The average Bonchev–Trinajstić information content (AvgIpc) is 1.52. The van der Waals surface area contributed by atoms with Crippen molar-refractivity contribution in [3.05, 3.63) is 429 Å². The van der Waals surface area contributed by atoms with Crippen molar-refractivity contribution in [3.63, 3.8) is 0 Å². The number of para-hydroxylation sites is 4. The van der Waals surface area contributed by atoms with Gasteiger partial charge >= 0.3 is 0 Å². The smallest absolute Gasteiger partial charge is 0.0530 e. The first-order valence-corrected chi connectivity index (χ1v) is 54.0. The molecular weight excluding hydrogens is 1790 g/mol. The number of benzene rings is 16. The number of hydrogen-bond acceptors (Lipinski definition) is 4. The summed E-state index contributed by atoms with van der Waals surface area (Å²) < 4.78 is 71.8. The molecule has 0 bridgehead atoms. The van der Waals surface area contributed by atoms with E-state index in [4.69, 9.17) is 6.85 Å². The summed E-state index contributed by atoms with van der Waals surface area (Å²) in [7, 11) is 0. The predicted octanol–water partition coefficient (Wildman–Crippen LogP) is 41.1. The van der Waals surface area contributed by atoms with Crippen LogP contribution in [0.4, 0.5) is 45.5 Å². The van der Waals surface area contributed by atoms with Gasteiger partial charge in [0.2, 0.25) is 0 Å². The SMILES string of the molecule is [2H]C(C)(C)c1cc2c(cc1N(c1c(-c3ccccc3)cccc1C([2H])(C)C)C(C)(C)C)C(C)(C)c1ccccc1-2.[2H]C(C)c1cc2c(cc1N(c1c(-c3ccccc3)cccc1C([2H])C)C(C)(C)C)C(C)(C)c1ccccc1-2.[2H]C([2H])([2H])c1cccc(-c2ccccc2)c1N(c1cc2c(cc1C)-c1ccccc1C2(C)C)C(C)(C)C.[2H]C1(c2cc3c(cc2N(c2ccccc2-c2ccccc2)C(C)(C)C)C(C)(C)c2ccccc2-3)CCC(C)(C)CC1. The highest BCUT2D eigenvalue weighted by molar-refractivity contribution is 5.96. The van der Waals surface area contributed by atoms with Crippen LogP contribution in [0.3, 0.4) is 0 Å². The highest BCUT2D eigenvalue weighted by Gasteiger charge is 2.46. The van der Waals surface area contributed by atoms with Crippen LogP contribution in [-0.4, -0.2) is 22.2 Å². The molecule has 5 aliphatic rings. The van der Waals surface area contributed by atoms with Crippen molar-refractivity contribution in [2.75, 3.05) is 19.6 Å². The highest BCUT2D eigenvalue weighted by Crippen LogP contribution is 2.61. The maximum atomic E-state index is 10.1. The predicted molar refractivity (Wildman–Crippen MR) is 643 cm³/mol. The number of fused-ring (bicyclic) bond motifs is 12. The van der Waals surface area contributed by atoms with Crippen LogP contribution in [0.1, 0.15) is 332 Å². The first-order chi connectivity index (χ1) is 73.1. The zero-order chi connectivity index (χ0) is 113. The Morgan fingerprint density at radius 3 is 1.03 bits per heavy atom. The fraction of sp³-hybridized carbons (Fsp3) is 0.333. The molecule has 758 valence electrons. The second-order valence-electron chi connectivity index (χ2n) is 49.2. The molecule has 0 spiro atoms. The first-order valence-electron chi connectivity index (χ1n) is 58.1. The molecule has 0 N–H and O–H groups in total. The van der Waals surface area contributed by atoms with Crippen LogP contribution in [0, 0.1) is 19.2 Å². The Morgan fingerprint density at radius 1 is 0.284 bits per heavy atom. The van der Waals surface area contributed by atoms with Crippen LogP contribution in [-0.2, 0) is 34.5 Å². The van der Waals surface area contributed by atoms with Crippen molar-refractivity contribution >= 4 is 45.5 Å². The van der Waals surface area contributed by atoms with Crippen molar-refractivity contribution in [1.82, 2.24) is 0 Å².